The lowest BCUT2D eigenvalue weighted by atomic mass is 10.1. The molecule has 1 fully saturated rings. The SMILES string of the molecule is O=C(O)C(Oc1cccc(F)c1)c1ccc(S(=O)(=O)C2CC2)cc1. The van der Waals surface area contributed by atoms with Crippen molar-refractivity contribution >= 4 is 15.8 Å². The van der Waals surface area contributed by atoms with Gasteiger partial charge < -0.3 is 9.84 Å². The maximum atomic E-state index is 13.2. The van der Waals surface area contributed by atoms with Crippen molar-refractivity contribution in [2.75, 3.05) is 0 Å². The van der Waals surface area contributed by atoms with E-state index >= 15 is 0 Å². The summed E-state index contributed by atoms with van der Waals surface area (Å²) in [6.45, 7) is 0. The summed E-state index contributed by atoms with van der Waals surface area (Å²) < 4.78 is 42.8. The third-order valence-electron chi connectivity index (χ3n) is 3.75. The minimum atomic E-state index is -3.33. The minimum absolute atomic E-state index is 0.0806. The summed E-state index contributed by atoms with van der Waals surface area (Å²) in [5, 5.41) is 9.02. The van der Waals surface area contributed by atoms with Crippen LogP contribution in [-0.4, -0.2) is 24.7 Å². The Hall–Kier alpha value is -2.41. The van der Waals surface area contributed by atoms with E-state index in [0.29, 0.717) is 12.8 Å². The van der Waals surface area contributed by atoms with Crippen LogP contribution < -0.4 is 4.74 Å². The highest BCUT2D eigenvalue weighted by Crippen LogP contribution is 2.34. The lowest BCUT2D eigenvalue weighted by Crippen LogP contribution is -2.18. The van der Waals surface area contributed by atoms with Gasteiger partial charge in [-0.25, -0.2) is 17.6 Å². The molecule has 1 N–H and O–H groups in total. The van der Waals surface area contributed by atoms with Gasteiger partial charge in [-0.2, -0.15) is 0 Å². The van der Waals surface area contributed by atoms with E-state index in [-0.39, 0.29) is 21.5 Å². The molecule has 1 aliphatic carbocycles. The summed E-state index contributed by atoms with van der Waals surface area (Å²) in [7, 11) is -3.33. The Morgan fingerprint density at radius 3 is 2.38 bits per heavy atom. The van der Waals surface area contributed by atoms with E-state index in [1.807, 2.05) is 0 Å². The van der Waals surface area contributed by atoms with E-state index in [1.54, 1.807) is 0 Å². The number of aliphatic carboxylic acids is 1. The molecule has 7 heteroatoms. The van der Waals surface area contributed by atoms with Gasteiger partial charge in [0.25, 0.3) is 0 Å². The summed E-state index contributed by atoms with van der Waals surface area (Å²) in [4.78, 5) is 11.6. The van der Waals surface area contributed by atoms with Crippen molar-refractivity contribution in [3.05, 3.63) is 59.9 Å². The maximum absolute atomic E-state index is 13.2. The third-order valence-corrected chi connectivity index (χ3v) is 6.03. The normalized spacial score (nSPS) is 15.7. The van der Waals surface area contributed by atoms with Crippen LogP contribution in [0.4, 0.5) is 4.39 Å². The van der Waals surface area contributed by atoms with Crippen molar-refractivity contribution < 1.29 is 27.4 Å². The topological polar surface area (TPSA) is 80.7 Å². The van der Waals surface area contributed by atoms with Crippen LogP contribution in [0.25, 0.3) is 0 Å². The van der Waals surface area contributed by atoms with Crippen molar-refractivity contribution in [2.24, 2.45) is 0 Å². The number of hydrogen-bond acceptors (Lipinski definition) is 4. The molecule has 1 unspecified atom stereocenters. The summed E-state index contributed by atoms with van der Waals surface area (Å²) in [6, 6.07) is 10.8. The first-order valence-corrected chi connectivity index (χ1v) is 8.91. The number of carboxylic acids is 1. The second-order valence-corrected chi connectivity index (χ2v) is 7.83. The molecule has 5 nitrogen and oxygen atoms in total. The number of benzene rings is 2. The van der Waals surface area contributed by atoms with Crippen molar-refractivity contribution in [1.29, 1.82) is 0 Å². The molecular formula is C17H15FO5S. The van der Waals surface area contributed by atoms with Gasteiger partial charge in [-0.1, -0.05) is 18.2 Å². The van der Waals surface area contributed by atoms with Gasteiger partial charge in [-0.05, 0) is 37.1 Å². The molecule has 0 bridgehead atoms. The van der Waals surface area contributed by atoms with Gasteiger partial charge in [0.05, 0.1) is 10.1 Å². The largest absolute Gasteiger partial charge is 0.478 e. The van der Waals surface area contributed by atoms with Gasteiger partial charge in [0.1, 0.15) is 11.6 Å². The van der Waals surface area contributed by atoms with Crippen LogP contribution in [0, 0.1) is 5.82 Å². The molecule has 126 valence electrons. The van der Waals surface area contributed by atoms with Crippen molar-refractivity contribution in [3.63, 3.8) is 0 Å². The van der Waals surface area contributed by atoms with E-state index in [4.69, 9.17) is 4.74 Å². The fourth-order valence-corrected chi connectivity index (χ4v) is 4.00. The first kappa shape index (κ1) is 16.4. The second kappa shape index (κ2) is 6.24. The molecule has 0 aliphatic heterocycles. The van der Waals surface area contributed by atoms with E-state index < -0.39 is 27.7 Å². The van der Waals surface area contributed by atoms with E-state index in [1.165, 1.54) is 42.5 Å². The van der Waals surface area contributed by atoms with Crippen LogP contribution in [0.3, 0.4) is 0 Å². The zero-order valence-corrected chi connectivity index (χ0v) is 13.4. The molecule has 3 rings (SSSR count). The first-order valence-electron chi connectivity index (χ1n) is 7.37. The number of rotatable bonds is 6. The lowest BCUT2D eigenvalue weighted by molar-refractivity contribution is -0.145. The van der Waals surface area contributed by atoms with Gasteiger partial charge in [0.15, 0.2) is 9.84 Å². The molecule has 1 aliphatic rings. The summed E-state index contributed by atoms with van der Waals surface area (Å²) in [5.74, 6) is -1.71. The number of carboxylic acid groups (broad SMARTS) is 1. The summed E-state index contributed by atoms with van der Waals surface area (Å²) in [5.41, 5.74) is 0.279. The Morgan fingerprint density at radius 2 is 1.83 bits per heavy atom. The van der Waals surface area contributed by atoms with Gasteiger partial charge >= 0.3 is 5.97 Å². The Bertz CT molecular complexity index is 857. The molecule has 2 aromatic carbocycles. The number of halogens is 1. The predicted molar refractivity (Wildman–Crippen MR) is 84.1 cm³/mol. The van der Waals surface area contributed by atoms with Gasteiger partial charge in [-0.3, -0.25) is 0 Å². The minimum Gasteiger partial charge on any atom is -0.478 e. The molecule has 2 aromatic rings. The zero-order chi connectivity index (χ0) is 17.3. The molecule has 1 atom stereocenters. The molecule has 0 aromatic heterocycles. The van der Waals surface area contributed by atoms with Crippen LogP contribution in [0.5, 0.6) is 5.75 Å². The van der Waals surface area contributed by atoms with Crippen molar-refractivity contribution in [1.82, 2.24) is 0 Å². The van der Waals surface area contributed by atoms with Crippen molar-refractivity contribution in [3.8, 4) is 5.75 Å². The number of hydrogen-bond donors (Lipinski definition) is 1. The van der Waals surface area contributed by atoms with Crippen LogP contribution in [0.2, 0.25) is 0 Å². The number of ether oxygens (including phenoxy) is 1. The van der Waals surface area contributed by atoms with E-state index in [2.05, 4.69) is 0 Å². The highest BCUT2D eigenvalue weighted by atomic mass is 32.2. The lowest BCUT2D eigenvalue weighted by Gasteiger charge is -2.16. The highest BCUT2D eigenvalue weighted by molar-refractivity contribution is 7.92. The fraction of sp³-hybridized carbons (Fsp3) is 0.235. The van der Waals surface area contributed by atoms with Crippen molar-refractivity contribution in [2.45, 2.75) is 29.1 Å². The molecule has 0 amide bonds. The molecule has 0 spiro atoms. The Balaban J connectivity index is 1.85. The molecule has 0 heterocycles. The van der Waals surface area contributed by atoms with Crippen LogP contribution in [0.15, 0.2) is 53.4 Å². The molecule has 0 radical (unpaired) electrons. The first-order chi connectivity index (χ1) is 11.4. The number of sulfone groups is 1. The average Bonchev–Trinajstić information content (AvgIpc) is 3.38. The highest BCUT2D eigenvalue weighted by Gasteiger charge is 2.37. The van der Waals surface area contributed by atoms with Crippen LogP contribution in [0.1, 0.15) is 24.5 Å². The Labute approximate surface area is 138 Å². The standard InChI is InChI=1S/C17H15FO5S/c18-12-2-1-3-13(10-12)23-16(17(19)20)11-4-6-14(7-5-11)24(21,22)15-8-9-15/h1-7,10,15-16H,8-9H2,(H,19,20). The molecule has 1 saturated carbocycles. The quantitative estimate of drug-likeness (QED) is 0.866. The Morgan fingerprint density at radius 1 is 1.17 bits per heavy atom. The smallest absolute Gasteiger partial charge is 0.349 e. The average molecular weight is 350 g/mol. The van der Waals surface area contributed by atoms with Gasteiger partial charge in [-0.15, -0.1) is 0 Å². The summed E-state index contributed by atoms with van der Waals surface area (Å²) in [6.07, 6.45) is -0.0424. The predicted octanol–water partition coefficient (Wildman–Crippen LogP) is 2.97. The van der Waals surface area contributed by atoms with E-state index in [0.717, 1.165) is 6.07 Å². The summed E-state index contributed by atoms with van der Waals surface area (Å²) >= 11 is 0. The van der Waals surface area contributed by atoms with Gasteiger partial charge in [0.2, 0.25) is 6.10 Å². The second-order valence-electron chi connectivity index (χ2n) is 5.61. The number of carbonyl (C=O) groups is 1. The molecular weight excluding hydrogens is 335 g/mol. The monoisotopic (exact) mass is 350 g/mol. The maximum Gasteiger partial charge on any atom is 0.349 e. The fourth-order valence-electron chi connectivity index (χ4n) is 2.34. The van der Waals surface area contributed by atoms with Gasteiger partial charge in [0, 0.05) is 11.6 Å². The third kappa shape index (κ3) is 3.41. The Kier molecular flexibility index (Phi) is 4.28. The van der Waals surface area contributed by atoms with Crippen LogP contribution in [-0.2, 0) is 14.6 Å². The molecule has 24 heavy (non-hydrogen) atoms. The zero-order valence-electron chi connectivity index (χ0n) is 12.6. The van der Waals surface area contributed by atoms with Crippen LogP contribution >= 0.6 is 0 Å². The molecule has 0 saturated heterocycles. The van der Waals surface area contributed by atoms with E-state index in [9.17, 15) is 22.7 Å².